The van der Waals surface area contributed by atoms with Gasteiger partial charge in [0.2, 0.25) is 0 Å². The molecule has 0 amide bonds. The molecule has 4 nitrogen and oxygen atoms in total. The van der Waals surface area contributed by atoms with Gasteiger partial charge in [0.25, 0.3) is 0 Å². The molecule has 0 saturated carbocycles. The standard InChI is InChI=1S/C16H29N3O/c1-6-19(8-9-20-7-2)15-11-13(12-17)10-14(18-15)16(3,4)5/h10-11H,6-9,12,17H2,1-5H3. The van der Waals surface area contributed by atoms with Crippen molar-refractivity contribution in [3.05, 3.63) is 23.4 Å². The van der Waals surface area contributed by atoms with Crippen molar-refractivity contribution in [1.82, 2.24) is 4.98 Å². The molecule has 0 aromatic carbocycles. The molecule has 0 aliphatic rings. The third-order valence-corrected chi connectivity index (χ3v) is 3.29. The molecular formula is C16H29N3O. The van der Waals surface area contributed by atoms with E-state index >= 15 is 0 Å². The van der Waals surface area contributed by atoms with E-state index in [9.17, 15) is 0 Å². The number of hydrogen-bond donors (Lipinski definition) is 1. The van der Waals surface area contributed by atoms with Crippen LogP contribution in [0.4, 0.5) is 5.82 Å². The van der Waals surface area contributed by atoms with Gasteiger partial charge in [0, 0.05) is 37.4 Å². The molecule has 0 saturated heterocycles. The lowest BCUT2D eigenvalue weighted by Gasteiger charge is -2.26. The summed E-state index contributed by atoms with van der Waals surface area (Å²) in [4.78, 5) is 7.06. The first-order chi connectivity index (χ1) is 9.42. The monoisotopic (exact) mass is 279 g/mol. The number of ether oxygens (including phenoxy) is 1. The van der Waals surface area contributed by atoms with E-state index < -0.39 is 0 Å². The molecule has 0 unspecified atom stereocenters. The van der Waals surface area contributed by atoms with E-state index in [0.717, 1.165) is 43.4 Å². The van der Waals surface area contributed by atoms with Crippen molar-refractivity contribution in [3.63, 3.8) is 0 Å². The highest BCUT2D eigenvalue weighted by Gasteiger charge is 2.18. The molecule has 0 aliphatic carbocycles. The van der Waals surface area contributed by atoms with Gasteiger partial charge in [-0.1, -0.05) is 20.8 Å². The Morgan fingerprint density at radius 2 is 1.95 bits per heavy atom. The fourth-order valence-electron chi connectivity index (χ4n) is 1.99. The summed E-state index contributed by atoms with van der Waals surface area (Å²) in [7, 11) is 0. The number of rotatable bonds is 7. The Balaban J connectivity index is 3.02. The van der Waals surface area contributed by atoms with Crippen molar-refractivity contribution in [2.45, 2.75) is 46.6 Å². The third-order valence-electron chi connectivity index (χ3n) is 3.29. The Labute approximate surface area is 123 Å². The van der Waals surface area contributed by atoms with Crippen LogP contribution >= 0.6 is 0 Å². The molecule has 114 valence electrons. The maximum Gasteiger partial charge on any atom is 0.129 e. The van der Waals surface area contributed by atoms with Crippen LogP contribution in [0.2, 0.25) is 0 Å². The van der Waals surface area contributed by atoms with Gasteiger partial charge in [-0.2, -0.15) is 0 Å². The molecule has 20 heavy (non-hydrogen) atoms. The Bertz CT molecular complexity index is 413. The van der Waals surface area contributed by atoms with Gasteiger partial charge in [0.1, 0.15) is 5.82 Å². The van der Waals surface area contributed by atoms with Gasteiger partial charge in [-0.25, -0.2) is 4.98 Å². The largest absolute Gasteiger partial charge is 0.380 e. The van der Waals surface area contributed by atoms with Gasteiger partial charge in [-0.15, -0.1) is 0 Å². The fourth-order valence-corrected chi connectivity index (χ4v) is 1.99. The van der Waals surface area contributed by atoms with Crippen molar-refractivity contribution in [2.24, 2.45) is 5.73 Å². The van der Waals surface area contributed by atoms with E-state index in [-0.39, 0.29) is 5.41 Å². The van der Waals surface area contributed by atoms with E-state index in [4.69, 9.17) is 15.5 Å². The SMILES string of the molecule is CCOCCN(CC)c1cc(CN)cc(C(C)(C)C)n1. The van der Waals surface area contributed by atoms with Crippen LogP contribution in [0, 0.1) is 0 Å². The molecule has 1 aromatic rings. The van der Waals surface area contributed by atoms with Crippen LogP contribution in [-0.2, 0) is 16.7 Å². The van der Waals surface area contributed by atoms with Crippen LogP contribution in [-0.4, -0.2) is 31.3 Å². The van der Waals surface area contributed by atoms with Gasteiger partial charge in [-0.05, 0) is 31.5 Å². The zero-order valence-electron chi connectivity index (χ0n) is 13.6. The zero-order chi connectivity index (χ0) is 15.2. The number of pyridine rings is 1. The number of anilines is 1. The van der Waals surface area contributed by atoms with Gasteiger partial charge in [-0.3, -0.25) is 0 Å². The van der Waals surface area contributed by atoms with Crippen LogP contribution in [0.25, 0.3) is 0 Å². The summed E-state index contributed by atoms with van der Waals surface area (Å²) in [6.45, 7) is 14.5. The molecular weight excluding hydrogens is 250 g/mol. The van der Waals surface area contributed by atoms with Crippen LogP contribution in [0.5, 0.6) is 0 Å². The predicted molar refractivity (Wildman–Crippen MR) is 85.2 cm³/mol. The topological polar surface area (TPSA) is 51.4 Å². The van der Waals surface area contributed by atoms with E-state index in [1.165, 1.54) is 0 Å². The van der Waals surface area contributed by atoms with E-state index in [0.29, 0.717) is 6.54 Å². The van der Waals surface area contributed by atoms with Crippen LogP contribution in [0.15, 0.2) is 12.1 Å². The number of hydrogen-bond acceptors (Lipinski definition) is 4. The maximum atomic E-state index is 5.82. The second-order valence-corrected chi connectivity index (χ2v) is 5.95. The van der Waals surface area contributed by atoms with Crippen molar-refractivity contribution in [3.8, 4) is 0 Å². The van der Waals surface area contributed by atoms with Crippen LogP contribution < -0.4 is 10.6 Å². The van der Waals surface area contributed by atoms with Gasteiger partial charge >= 0.3 is 0 Å². The first-order valence-electron chi connectivity index (χ1n) is 7.46. The molecule has 1 rings (SSSR count). The highest BCUT2D eigenvalue weighted by Crippen LogP contribution is 2.24. The maximum absolute atomic E-state index is 5.82. The van der Waals surface area contributed by atoms with Crippen molar-refractivity contribution in [2.75, 3.05) is 31.2 Å². The summed E-state index contributed by atoms with van der Waals surface area (Å²) >= 11 is 0. The lowest BCUT2D eigenvalue weighted by atomic mass is 9.90. The number of nitrogens with two attached hydrogens (primary N) is 1. The molecule has 2 N–H and O–H groups in total. The molecule has 1 aromatic heterocycles. The minimum absolute atomic E-state index is 0.0270. The number of aromatic nitrogens is 1. The fraction of sp³-hybridized carbons (Fsp3) is 0.688. The number of nitrogens with zero attached hydrogens (tertiary/aromatic N) is 2. The summed E-state index contributed by atoms with van der Waals surface area (Å²) in [6.07, 6.45) is 0. The van der Waals surface area contributed by atoms with Crippen molar-refractivity contribution < 1.29 is 4.74 Å². The second-order valence-electron chi connectivity index (χ2n) is 5.95. The zero-order valence-corrected chi connectivity index (χ0v) is 13.6. The Hall–Kier alpha value is -1.13. The average molecular weight is 279 g/mol. The van der Waals surface area contributed by atoms with E-state index in [2.05, 4.69) is 44.7 Å². The van der Waals surface area contributed by atoms with Gasteiger partial charge in [0.15, 0.2) is 0 Å². The van der Waals surface area contributed by atoms with E-state index in [1.54, 1.807) is 0 Å². The Kier molecular flexibility index (Phi) is 6.43. The molecule has 0 radical (unpaired) electrons. The van der Waals surface area contributed by atoms with Crippen LogP contribution in [0.1, 0.15) is 45.9 Å². The molecule has 1 heterocycles. The molecule has 0 spiro atoms. The summed E-state index contributed by atoms with van der Waals surface area (Å²) < 4.78 is 5.45. The Morgan fingerprint density at radius 1 is 1.25 bits per heavy atom. The first-order valence-corrected chi connectivity index (χ1v) is 7.46. The summed E-state index contributed by atoms with van der Waals surface area (Å²) in [5.41, 5.74) is 8.07. The highest BCUT2D eigenvalue weighted by atomic mass is 16.5. The number of likely N-dealkylation sites (N-methyl/N-ethyl adjacent to an activating group) is 1. The smallest absolute Gasteiger partial charge is 0.129 e. The quantitative estimate of drug-likeness (QED) is 0.780. The second kappa shape index (κ2) is 7.60. The van der Waals surface area contributed by atoms with Crippen molar-refractivity contribution in [1.29, 1.82) is 0 Å². The molecule has 0 atom stereocenters. The molecule has 4 heteroatoms. The highest BCUT2D eigenvalue weighted by molar-refractivity contribution is 5.43. The lowest BCUT2D eigenvalue weighted by Crippen LogP contribution is -2.29. The Morgan fingerprint density at radius 3 is 2.45 bits per heavy atom. The van der Waals surface area contributed by atoms with E-state index in [1.807, 2.05) is 6.92 Å². The summed E-state index contributed by atoms with van der Waals surface area (Å²) in [5.74, 6) is 1.00. The summed E-state index contributed by atoms with van der Waals surface area (Å²) in [5, 5.41) is 0. The average Bonchev–Trinajstić information content (AvgIpc) is 2.42. The molecule has 0 fully saturated rings. The van der Waals surface area contributed by atoms with Crippen LogP contribution in [0.3, 0.4) is 0 Å². The predicted octanol–water partition coefficient (Wildman–Crippen LogP) is 2.70. The van der Waals surface area contributed by atoms with Gasteiger partial charge in [0.05, 0.1) is 6.61 Å². The first kappa shape index (κ1) is 16.9. The third kappa shape index (κ3) is 4.76. The molecule has 0 bridgehead atoms. The lowest BCUT2D eigenvalue weighted by molar-refractivity contribution is 0.154. The molecule has 0 aliphatic heterocycles. The minimum atomic E-state index is 0.0270. The van der Waals surface area contributed by atoms with Crippen molar-refractivity contribution >= 4 is 5.82 Å². The van der Waals surface area contributed by atoms with Gasteiger partial charge < -0.3 is 15.4 Å². The normalized spacial score (nSPS) is 11.7. The summed E-state index contributed by atoms with van der Waals surface area (Å²) in [6, 6.07) is 4.20. The minimum Gasteiger partial charge on any atom is -0.380 e.